The Morgan fingerprint density at radius 1 is 0.706 bits per heavy atom. The van der Waals surface area contributed by atoms with Gasteiger partial charge in [0.15, 0.2) is 0 Å². The second-order valence-corrected chi connectivity index (χ2v) is 9.02. The normalized spacial score (nSPS) is 13.3. The molecular weight excluding hydrogens is 500 g/mol. The first kappa shape index (κ1) is 30.5. The first-order valence-corrected chi connectivity index (χ1v) is 11.6. The number of carbonyl (C=O) groups excluding carboxylic acids is 2. The summed E-state index contributed by atoms with van der Waals surface area (Å²) in [5, 5.41) is 48.7. The van der Waals surface area contributed by atoms with Crippen LogP contribution in [0.3, 0.4) is 0 Å². The first-order valence-electron chi connectivity index (χ1n) is 9.12. The van der Waals surface area contributed by atoms with Crippen molar-refractivity contribution in [2.45, 2.75) is 31.8 Å². The zero-order valence-electron chi connectivity index (χ0n) is 17.5. The topological polar surface area (TPSA) is 245 Å². The highest BCUT2D eigenvalue weighted by molar-refractivity contribution is 8.76. The van der Waals surface area contributed by atoms with Crippen LogP contribution in [0.2, 0.25) is 0 Å². The van der Waals surface area contributed by atoms with Gasteiger partial charge in [0, 0.05) is 40.8 Å². The number of aliphatic carboxylic acids is 5. The molecule has 0 aromatic rings. The Morgan fingerprint density at radius 2 is 1.12 bits per heavy atom. The van der Waals surface area contributed by atoms with E-state index >= 15 is 0 Å². The van der Waals surface area contributed by atoms with Crippen molar-refractivity contribution in [2.24, 2.45) is 0 Å². The maximum atomic E-state index is 12.1. The summed E-state index contributed by atoms with van der Waals surface area (Å²) in [5.41, 5.74) is -1.11. The molecule has 0 heterocycles. The lowest BCUT2D eigenvalue weighted by Gasteiger charge is -2.16. The molecule has 0 saturated carbocycles. The molecule has 2 atom stereocenters. The number of hydrogen-bond acceptors (Lipinski definition) is 9. The highest BCUT2D eigenvalue weighted by atomic mass is 33.1. The lowest BCUT2D eigenvalue weighted by molar-refractivity contribution is -0.140. The number of nitrogens with one attached hydrogen (secondary N) is 2. The highest BCUT2D eigenvalue weighted by Gasteiger charge is 2.24. The van der Waals surface area contributed by atoms with Gasteiger partial charge in [0.1, 0.15) is 6.04 Å². The summed E-state index contributed by atoms with van der Waals surface area (Å²) >= 11 is 0. The number of carboxylic acids is 5. The molecule has 0 fully saturated rings. The van der Waals surface area contributed by atoms with Crippen molar-refractivity contribution in [1.29, 1.82) is 0 Å². The predicted octanol–water partition coefficient (Wildman–Crippen LogP) is -0.587. The van der Waals surface area contributed by atoms with E-state index in [2.05, 4.69) is 5.32 Å². The molecule has 0 spiro atoms. The molecule has 34 heavy (non-hydrogen) atoms. The quantitative estimate of drug-likeness (QED) is 0.0761. The van der Waals surface area contributed by atoms with Gasteiger partial charge in [-0.15, -0.1) is 0 Å². The summed E-state index contributed by atoms with van der Waals surface area (Å²) in [6, 6.07) is -2.06. The van der Waals surface area contributed by atoms with Crippen LogP contribution in [0.1, 0.15) is 19.8 Å². The van der Waals surface area contributed by atoms with Gasteiger partial charge in [-0.25, -0.2) is 14.4 Å². The molecule has 0 bridgehead atoms. The van der Waals surface area contributed by atoms with Gasteiger partial charge in [0.25, 0.3) is 0 Å². The summed E-state index contributed by atoms with van der Waals surface area (Å²) < 4.78 is 0. The lowest BCUT2D eigenvalue weighted by atomic mass is 10.1. The fourth-order valence-corrected chi connectivity index (χ4v) is 4.51. The van der Waals surface area contributed by atoms with Crippen molar-refractivity contribution in [3.05, 3.63) is 23.3 Å². The van der Waals surface area contributed by atoms with Crippen LogP contribution in [0.4, 0.5) is 0 Å². The minimum Gasteiger partial charge on any atom is -0.481 e. The third-order valence-corrected chi connectivity index (χ3v) is 6.07. The van der Waals surface area contributed by atoms with Crippen molar-refractivity contribution >= 4 is 63.2 Å². The van der Waals surface area contributed by atoms with Crippen molar-refractivity contribution < 1.29 is 59.1 Å². The van der Waals surface area contributed by atoms with Crippen LogP contribution >= 0.6 is 21.6 Å². The van der Waals surface area contributed by atoms with Gasteiger partial charge in [-0.05, 0) is 6.92 Å². The van der Waals surface area contributed by atoms with Gasteiger partial charge in [-0.3, -0.25) is 19.2 Å². The Balaban J connectivity index is 4.84. The van der Waals surface area contributed by atoms with Gasteiger partial charge in [-0.2, -0.15) is 0 Å². The molecule has 0 unspecified atom stereocenters. The molecule has 0 saturated heterocycles. The fraction of sp³-hybridized carbons (Fsp3) is 0.389. The van der Waals surface area contributed by atoms with E-state index in [1.807, 2.05) is 5.32 Å². The van der Waals surface area contributed by atoms with E-state index < -0.39 is 77.7 Å². The van der Waals surface area contributed by atoms with Crippen molar-refractivity contribution in [3.8, 4) is 0 Å². The van der Waals surface area contributed by atoms with E-state index in [-0.39, 0.29) is 11.5 Å². The second-order valence-electron chi connectivity index (χ2n) is 6.46. The van der Waals surface area contributed by atoms with Crippen LogP contribution in [-0.4, -0.2) is 90.8 Å². The Morgan fingerprint density at radius 3 is 1.50 bits per heavy atom. The SMILES string of the molecule is C[C@H](CSSC[C@H](NC(=O)/C(=C\C(=O)O)CC(=O)O)C(=O)O)NC(=O)/C(=C\C(=O)O)CC(=O)O. The first-order chi connectivity index (χ1) is 15.7. The van der Waals surface area contributed by atoms with Crippen molar-refractivity contribution in [3.63, 3.8) is 0 Å². The van der Waals surface area contributed by atoms with Crippen LogP contribution in [0.25, 0.3) is 0 Å². The highest BCUT2D eigenvalue weighted by Crippen LogP contribution is 2.23. The molecule has 0 aromatic carbocycles. The largest absolute Gasteiger partial charge is 0.481 e. The Bertz CT molecular complexity index is 899. The standard InChI is InChI=1S/C18H22N2O12S2/c1-8(19-16(29)9(2-12(21)22)3-13(23)24)6-33-34-7-11(18(31)32)20-17(30)10(4-14(25)26)5-15(27)28/h2,4,8,11H,3,5-7H2,1H3,(H,19,29)(H,20,30)(H,21,22)(H,23,24)(H,25,26)(H,27,28)(H,31,32)/b9-2-,10-4-/t8-,11+/m1/s1. The van der Waals surface area contributed by atoms with Crippen LogP contribution in [0, 0.1) is 0 Å². The molecule has 2 amide bonds. The zero-order chi connectivity index (χ0) is 26.4. The Labute approximate surface area is 199 Å². The summed E-state index contributed by atoms with van der Waals surface area (Å²) in [6.07, 6.45) is -0.877. The van der Waals surface area contributed by atoms with Gasteiger partial charge in [-0.1, -0.05) is 21.6 Å². The molecule has 0 aliphatic carbocycles. The van der Waals surface area contributed by atoms with Gasteiger partial charge in [0.05, 0.1) is 12.8 Å². The third kappa shape index (κ3) is 13.8. The zero-order valence-corrected chi connectivity index (χ0v) is 19.2. The van der Waals surface area contributed by atoms with Crippen molar-refractivity contribution in [2.75, 3.05) is 11.5 Å². The van der Waals surface area contributed by atoms with Crippen LogP contribution < -0.4 is 10.6 Å². The summed E-state index contributed by atoms with van der Waals surface area (Å²) in [5.74, 6) is -9.48. The van der Waals surface area contributed by atoms with Crippen molar-refractivity contribution in [1.82, 2.24) is 10.6 Å². The molecule has 16 heteroatoms. The van der Waals surface area contributed by atoms with E-state index in [4.69, 9.17) is 20.4 Å². The van der Waals surface area contributed by atoms with Crippen LogP contribution in [0.5, 0.6) is 0 Å². The second kappa shape index (κ2) is 15.3. The molecule has 0 radical (unpaired) electrons. The maximum absolute atomic E-state index is 12.1. The summed E-state index contributed by atoms with van der Waals surface area (Å²) in [6.45, 7) is 1.54. The predicted molar refractivity (Wildman–Crippen MR) is 118 cm³/mol. The fourth-order valence-electron chi connectivity index (χ4n) is 2.07. The Hall–Kier alpha value is -3.53. The molecular formula is C18H22N2O12S2. The molecule has 0 aliphatic rings. The Kier molecular flexibility index (Phi) is 13.7. The minimum absolute atomic E-state index is 0.188. The van der Waals surface area contributed by atoms with Gasteiger partial charge < -0.3 is 36.2 Å². The molecule has 7 N–H and O–H groups in total. The number of rotatable bonds is 16. The third-order valence-electron chi connectivity index (χ3n) is 3.48. The number of amides is 2. The number of hydrogen-bond donors (Lipinski definition) is 7. The molecule has 188 valence electrons. The van der Waals surface area contributed by atoms with Gasteiger partial charge in [0.2, 0.25) is 11.8 Å². The van der Waals surface area contributed by atoms with E-state index in [0.29, 0.717) is 12.2 Å². The molecule has 0 aromatic heterocycles. The molecule has 0 rings (SSSR count). The monoisotopic (exact) mass is 522 g/mol. The maximum Gasteiger partial charge on any atom is 0.328 e. The van der Waals surface area contributed by atoms with Crippen LogP contribution in [-0.2, 0) is 33.6 Å². The molecule has 0 aliphatic heterocycles. The minimum atomic E-state index is -1.58. The van der Waals surface area contributed by atoms with Gasteiger partial charge >= 0.3 is 29.8 Å². The summed E-state index contributed by atoms with van der Waals surface area (Å²) in [4.78, 5) is 78.6. The number of carboxylic acid groups (broad SMARTS) is 5. The number of carbonyl (C=O) groups is 7. The smallest absolute Gasteiger partial charge is 0.328 e. The van der Waals surface area contributed by atoms with Crippen LogP contribution in [0.15, 0.2) is 23.3 Å². The average molecular weight is 523 g/mol. The van der Waals surface area contributed by atoms with E-state index in [1.54, 1.807) is 0 Å². The average Bonchev–Trinajstić information content (AvgIpc) is 2.67. The summed E-state index contributed by atoms with van der Waals surface area (Å²) in [7, 11) is 2.05. The van der Waals surface area contributed by atoms with E-state index in [1.165, 1.54) is 6.92 Å². The van der Waals surface area contributed by atoms with E-state index in [0.717, 1.165) is 21.6 Å². The van der Waals surface area contributed by atoms with E-state index in [9.17, 15) is 38.7 Å². The molecule has 14 nitrogen and oxygen atoms in total. The lowest BCUT2D eigenvalue weighted by Crippen LogP contribution is -2.43.